The van der Waals surface area contributed by atoms with E-state index >= 15 is 0 Å². The summed E-state index contributed by atoms with van der Waals surface area (Å²) in [5, 5.41) is 8.97. The maximum Gasteiger partial charge on any atom is 0.329 e. The number of benzene rings is 2. The lowest BCUT2D eigenvalue weighted by Crippen LogP contribution is -2.39. The number of carbonyl (C=O) groups excluding carboxylic acids is 3. The second-order valence-corrected chi connectivity index (χ2v) is 6.94. The Balaban J connectivity index is 1.91. The summed E-state index contributed by atoms with van der Waals surface area (Å²) < 4.78 is 15.7. The van der Waals surface area contributed by atoms with E-state index in [-0.39, 0.29) is 19.1 Å². The van der Waals surface area contributed by atoms with Crippen molar-refractivity contribution in [3.8, 4) is 11.5 Å². The van der Waals surface area contributed by atoms with Crippen LogP contribution in [0.5, 0.6) is 11.5 Å². The Morgan fingerprint density at radius 3 is 2.55 bits per heavy atom. The zero-order chi connectivity index (χ0) is 24.2. The minimum Gasteiger partial charge on any atom is -0.493 e. The molecule has 2 rings (SSSR count). The molecular weight excluding hydrogens is 428 g/mol. The Hall–Kier alpha value is -3.92. The van der Waals surface area contributed by atoms with Crippen LogP contribution in [0, 0.1) is 13.8 Å². The number of carbonyl (C=O) groups is 3. The molecule has 33 heavy (non-hydrogen) atoms. The van der Waals surface area contributed by atoms with Gasteiger partial charge in [-0.05, 0) is 54.8 Å². The predicted octanol–water partition coefficient (Wildman–Crippen LogP) is 1.54. The third kappa shape index (κ3) is 7.93. The molecule has 0 aliphatic carbocycles. The lowest BCUT2D eigenvalue weighted by Gasteiger charge is -2.13. The molecule has 2 aromatic rings. The molecule has 0 saturated heterocycles. The molecule has 0 atom stereocenters. The van der Waals surface area contributed by atoms with E-state index in [9.17, 15) is 14.4 Å². The van der Waals surface area contributed by atoms with Crippen LogP contribution >= 0.6 is 0 Å². The third-order valence-corrected chi connectivity index (χ3v) is 4.60. The minimum absolute atomic E-state index is 0.203. The number of nitrogens with zero attached hydrogens (tertiary/aromatic N) is 1. The predicted molar refractivity (Wildman–Crippen MR) is 124 cm³/mol. The molecular formula is C23H28N4O6. The van der Waals surface area contributed by atoms with Crippen LogP contribution in [-0.4, -0.2) is 57.9 Å². The van der Waals surface area contributed by atoms with E-state index in [2.05, 4.69) is 21.2 Å². The van der Waals surface area contributed by atoms with Gasteiger partial charge in [-0.25, -0.2) is 5.43 Å². The van der Waals surface area contributed by atoms with Gasteiger partial charge in [0, 0.05) is 19.3 Å². The topological polar surface area (TPSA) is 127 Å². The first-order chi connectivity index (χ1) is 15.8. The summed E-state index contributed by atoms with van der Waals surface area (Å²) in [6, 6.07) is 10.6. The molecule has 0 saturated carbocycles. The van der Waals surface area contributed by atoms with E-state index in [1.165, 1.54) is 20.4 Å². The number of aryl methyl sites for hydroxylation is 1. The smallest absolute Gasteiger partial charge is 0.329 e. The third-order valence-electron chi connectivity index (χ3n) is 4.60. The lowest BCUT2D eigenvalue weighted by molar-refractivity contribution is -0.139. The molecule has 3 amide bonds. The zero-order valence-electron chi connectivity index (χ0n) is 19.1. The van der Waals surface area contributed by atoms with Gasteiger partial charge in [0.25, 0.3) is 5.91 Å². The number of anilines is 1. The molecule has 2 aromatic carbocycles. The van der Waals surface area contributed by atoms with Crippen molar-refractivity contribution in [1.29, 1.82) is 0 Å². The van der Waals surface area contributed by atoms with Crippen molar-refractivity contribution >= 4 is 29.6 Å². The number of amides is 3. The van der Waals surface area contributed by atoms with Gasteiger partial charge in [0.05, 0.1) is 19.9 Å². The fraction of sp³-hybridized carbons (Fsp3) is 0.304. The molecule has 0 aliphatic heterocycles. The summed E-state index contributed by atoms with van der Waals surface area (Å²) in [6.07, 6.45) is 1.35. The highest BCUT2D eigenvalue weighted by atomic mass is 16.5. The molecule has 0 bridgehead atoms. The van der Waals surface area contributed by atoms with Gasteiger partial charge < -0.3 is 24.8 Å². The van der Waals surface area contributed by atoms with E-state index in [0.717, 1.165) is 16.8 Å². The van der Waals surface area contributed by atoms with Gasteiger partial charge in [-0.2, -0.15) is 5.10 Å². The van der Waals surface area contributed by atoms with Crippen LogP contribution in [0.2, 0.25) is 0 Å². The van der Waals surface area contributed by atoms with Gasteiger partial charge in [-0.15, -0.1) is 0 Å². The van der Waals surface area contributed by atoms with Crippen molar-refractivity contribution in [2.45, 2.75) is 13.8 Å². The molecule has 176 valence electrons. The summed E-state index contributed by atoms with van der Waals surface area (Å²) in [5.41, 5.74) is 5.52. The van der Waals surface area contributed by atoms with Crippen LogP contribution < -0.4 is 25.5 Å². The lowest BCUT2D eigenvalue weighted by atomic mass is 10.1. The maximum atomic E-state index is 12.3. The largest absolute Gasteiger partial charge is 0.493 e. The normalized spacial score (nSPS) is 10.5. The summed E-state index contributed by atoms with van der Waals surface area (Å²) in [6.45, 7) is 4.22. The van der Waals surface area contributed by atoms with Gasteiger partial charge in [-0.1, -0.05) is 12.1 Å². The summed E-state index contributed by atoms with van der Waals surface area (Å²) in [7, 11) is 2.95. The first-order valence-corrected chi connectivity index (χ1v) is 10.1. The van der Waals surface area contributed by atoms with Gasteiger partial charge in [0.1, 0.15) is 0 Å². The van der Waals surface area contributed by atoms with Crippen molar-refractivity contribution in [1.82, 2.24) is 10.7 Å². The average molecular weight is 456 g/mol. The Bertz CT molecular complexity index is 1020. The Kier molecular flexibility index (Phi) is 9.84. The van der Waals surface area contributed by atoms with E-state index in [0.29, 0.717) is 23.7 Å². The number of hydrogen-bond acceptors (Lipinski definition) is 7. The van der Waals surface area contributed by atoms with Crippen molar-refractivity contribution < 1.29 is 28.6 Å². The van der Waals surface area contributed by atoms with E-state index in [4.69, 9.17) is 14.2 Å². The second kappa shape index (κ2) is 12.8. The quantitative estimate of drug-likeness (QED) is 0.215. The van der Waals surface area contributed by atoms with Crippen LogP contribution in [0.3, 0.4) is 0 Å². The van der Waals surface area contributed by atoms with Gasteiger partial charge in [0.15, 0.2) is 18.1 Å². The van der Waals surface area contributed by atoms with Crippen molar-refractivity contribution in [3.05, 3.63) is 53.1 Å². The molecule has 10 nitrogen and oxygen atoms in total. The number of nitrogens with one attached hydrogen (secondary N) is 3. The molecule has 0 radical (unpaired) electrons. The van der Waals surface area contributed by atoms with Crippen molar-refractivity contribution in [3.63, 3.8) is 0 Å². The van der Waals surface area contributed by atoms with Crippen molar-refractivity contribution in [2.24, 2.45) is 5.10 Å². The highest BCUT2D eigenvalue weighted by molar-refractivity contribution is 6.35. The van der Waals surface area contributed by atoms with Crippen LogP contribution in [0.15, 0.2) is 41.5 Å². The number of hydrazone groups is 1. The zero-order valence-corrected chi connectivity index (χ0v) is 19.1. The van der Waals surface area contributed by atoms with Crippen LogP contribution in [0.4, 0.5) is 5.69 Å². The molecule has 0 spiro atoms. The van der Waals surface area contributed by atoms with Gasteiger partial charge >= 0.3 is 11.8 Å². The first-order valence-electron chi connectivity index (χ1n) is 10.1. The van der Waals surface area contributed by atoms with E-state index in [1.807, 2.05) is 32.0 Å². The SMILES string of the molecule is COCCNC(=O)C(=O)N/N=C\c1ccc(OCC(=O)Nc2cccc(C)c2C)c(OC)c1. The van der Waals surface area contributed by atoms with E-state index < -0.39 is 11.8 Å². The number of ether oxygens (including phenoxy) is 3. The molecule has 10 heteroatoms. The molecule has 0 aliphatic rings. The summed E-state index contributed by atoms with van der Waals surface area (Å²) in [4.78, 5) is 35.5. The monoisotopic (exact) mass is 456 g/mol. The second-order valence-electron chi connectivity index (χ2n) is 6.94. The van der Waals surface area contributed by atoms with Gasteiger partial charge in [0.2, 0.25) is 0 Å². The Morgan fingerprint density at radius 1 is 1.03 bits per heavy atom. The van der Waals surface area contributed by atoms with E-state index in [1.54, 1.807) is 18.2 Å². The highest BCUT2D eigenvalue weighted by Crippen LogP contribution is 2.27. The number of rotatable bonds is 10. The van der Waals surface area contributed by atoms with Crippen LogP contribution in [0.25, 0.3) is 0 Å². The summed E-state index contributed by atoms with van der Waals surface area (Å²) in [5.74, 6) is -1.27. The molecule has 0 aromatic heterocycles. The Labute approximate surface area is 192 Å². The van der Waals surface area contributed by atoms with Crippen LogP contribution in [-0.2, 0) is 19.1 Å². The van der Waals surface area contributed by atoms with Gasteiger partial charge in [-0.3, -0.25) is 14.4 Å². The van der Waals surface area contributed by atoms with Crippen molar-refractivity contribution in [2.75, 3.05) is 39.3 Å². The average Bonchev–Trinajstić information content (AvgIpc) is 2.81. The standard InChI is InChI=1S/C23H28N4O6/c1-15-6-5-7-18(16(15)2)26-21(28)14-33-19-9-8-17(12-20(19)32-4)13-25-27-23(30)22(29)24-10-11-31-3/h5-9,12-13H,10-11,14H2,1-4H3,(H,24,29)(H,26,28)(H,27,30)/b25-13-. The number of hydrogen-bond donors (Lipinski definition) is 3. The molecule has 3 N–H and O–H groups in total. The number of methoxy groups -OCH3 is 2. The molecule has 0 heterocycles. The minimum atomic E-state index is -0.899. The Morgan fingerprint density at radius 2 is 1.82 bits per heavy atom. The van der Waals surface area contributed by atoms with Crippen LogP contribution in [0.1, 0.15) is 16.7 Å². The fourth-order valence-corrected chi connectivity index (χ4v) is 2.66. The first kappa shape index (κ1) is 25.3. The fourth-order valence-electron chi connectivity index (χ4n) is 2.66. The summed E-state index contributed by atoms with van der Waals surface area (Å²) >= 11 is 0. The molecule has 0 fully saturated rings. The highest BCUT2D eigenvalue weighted by Gasteiger charge is 2.12. The molecule has 0 unspecified atom stereocenters. The maximum absolute atomic E-state index is 12.3.